The highest BCUT2D eigenvalue weighted by Crippen LogP contribution is 2.38. The summed E-state index contributed by atoms with van der Waals surface area (Å²) in [5.74, 6) is -1.97. The number of anilines is 1. The Kier molecular flexibility index (Phi) is 7.40. The number of carbonyl (C=O) groups is 2. The molecule has 0 aliphatic carbocycles. The van der Waals surface area contributed by atoms with E-state index in [1.165, 1.54) is 24.4 Å². The number of ether oxygens (including phenoxy) is 2. The largest absolute Gasteiger partial charge is 0.444 e. The fourth-order valence-electron chi connectivity index (χ4n) is 3.19. The van der Waals surface area contributed by atoms with Gasteiger partial charge in [-0.3, -0.25) is 10.1 Å². The minimum atomic E-state index is -3.22. The van der Waals surface area contributed by atoms with Gasteiger partial charge in [0.25, 0.3) is 12.3 Å². The average Bonchev–Trinajstić information content (AvgIpc) is 2.79. The van der Waals surface area contributed by atoms with Crippen LogP contribution in [0.25, 0.3) is 0 Å². The summed E-state index contributed by atoms with van der Waals surface area (Å²) in [5, 5.41) is 13.5. The topological polar surface area (TPSA) is 126 Å². The maximum absolute atomic E-state index is 14.8. The van der Waals surface area contributed by atoms with Gasteiger partial charge in [0.2, 0.25) is 0 Å². The van der Waals surface area contributed by atoms with Crippen molar-refractivity contribution in [2.24, 2.45) is 4.99 Å². The third kappa shape index (κ3) is 6.13. The lowest BCUT2D eigenvalue weighted by Gasteiger charge is -2.34. The van der Waals surface area contributed by atoms with E-state index in [0.29, 0.717) is 0 Å². The highest BCUT2D eigenvalue weighted by molar-refractivity contribution is 6.03. The van der Waals surface area contributed by atoms with E-state index < -0.39 is 47.6 Å². The minimum Gasteiger partial charge on any atom is -0.444 e. The van der Waals surface area contributed by atoms with Crippen molar-refractivity contribution in [1.29, 1.82) is 5.26 Å². The van der Waals surface area contributed by atoms with Crippen molar-refractivity contribution in [2.75, 3.05) is 18.5 Å². The average molecular weight is 489 g/mol. The van der Waals surface area contributed by atoms with Crippen molar-refractivity contribution in [2.45, 2.75) is 38.3 Å². The molecule has 0 fully saturated rings. The molecule has 1 atom stereocenters. The number of alkyl halides is 2. The second-order valence-electron chi connectivity index (χ2n) is 8.60. The number of alkyl carbamates (subject to hydrolysis) is 1. The summed E-state index contributed by atoms with van der Waals surface area (Å²) in [5.41, 5.74) is -3.67. The Morgan fingerprint density at radius 2 is 1.97 bits per heavy atom. The molecule has 0 radical (unpaired) electrons. The van der Waals surface area contributed by atoms with Crippen LogP contribution >= 0.6 is 0 Å². The molecule has 2 amide bonds. The number of hydrogen-bond donors (Lipinski definition) is 2. The molecule has 2 aromatic rings. The molecule has 9 nitrogen and oxygen atoms in total. The second kappa shape index (κ2) is 10.1. The fraction of sp³-hybridized carbons (Fsp3) is 0.348. The number of aromatic nitrogens is 1. The van der Waals surface area contributed by atoms with Crippen LogP contribution in [0.2, 0.25) is 0 Å². The SMILES string of the molecule is CC(C)(C)OC(=O)NC1=N[C@@](c2cc(NC(=O)c3ccc(C#N)cn3)ccc2F)(C(F)F)COC1. The van der Waals surface area contributed by atoms with Crippen LogP contribution in [-0.4, -0.2) is 48.1 Å². The number of amides is 2. The van der Waals surface area contributed by atoms with Gasteiger partial charge >= 0.3 is 6.09 Å². The molecule has 0 saturated carbocycles. The van der Waals surface area contributed by atoms with Gasteiger partial charge in [-0.1, -0.05) is 0 Å². The number of aliphatic imine (C=N–C) groups is 1. The number of rotatable bonds is 4. The van der Waals surface area contributed by atoms with Crippen molar-refractivity contribution < 1.29 is 32.2 Å². The first kappa shape index (κ1) is 25.6. The number of amidine groups is 1. The zero-order chi connectivity index (χ0) is 25.8. The number of hydrogen-bond acceptors (Lipinski definition) is 7. The Morgan fingerprint density at radius 3 is 2.57 bits per heavy atom. The number of nitriles is 1. The molecule has 0 spiro atoms. The molecule has 1 aliphatic heterocycles. The van der Waals surface area contributed by atoms with Crippen molar-refractivity contribution in [1.82, 2.24) is 10.3 Å². The van der Waals surface area contributed by atoms with Gasteiger partial charge in [-0.15, -0.1) is 0 Å². The van der Waals surface area contributed by atoms with Crippen molar-refractivity contribution in [3.05, 3.63) is 59.2 Å². The lowest BCUT2D eigenvalue weighted by Crippen LogP contribution is -2.48. The number of benzene rings is 1. The zero-order valence-electron chi connectivity index (χ0n) is 19.1. The molecule has 35 heavy (non-hydrogen) atoms. The maximum Gasteiger partial charge on any atom is 0.413 e. The summed E-state index contributed by atoms with van der Waals surface area (Å²) >= 11 is 0. The van der Waals surface area contributed by atoms with Crippen molar-refractivity contribution in [3.63, 3.8) is 0 Å². The van der Waals surface area contributed by atoms with Crippen LogP contribution in [-0.2, 0) is 15.0 Å². The first-order chi connectivity index (χ1) is 16.4. The van der Waals surface area contributed by atoms with Crippen LogP contribution in [0.5, 0.6) is 0 Å². The van der Waals surface area contributed by atoms with Gasteiger partial charge in [0.1, 0.15) is 35.6 Å². The Hall–Kier alpha value is -3.98. The Labute approximate surface area is 199 Å². The van der Waals surface area contributed by atoms with Crippen LogP contribution in [0.1, 0.15) is 42.4 Å². The number of pyridine rings is 1. The predicted octanol–water partition coefficient (Wildman–Crippen LogP) is 3.76. The Morgan fingerprint density at radius 1 is 1.23 bits per heavy atom. The van der Waals surface area contributed by atoms with Crippen molar-refractivity contribution in [3.8, 4) is 6.07 Å². The summed E-state index contributed by atoms with van der Waals surface area (Å²) < 4.78 is 53.8. The zero-order valence-corrected chi connectivity index (χ0v) is 19.1. The maximum atomic E-state index is 14.8. The molecule has 1 aromatic carbocycles. The normalized spacial score (nSPS) is 17.8. The number of carbonyl (C=O) groups excluding carboxylic acids is 2. The van der Waals surface area contributed by atoms with Gasteiger partial charge in [0.15, 0.2) is 5.54 Å². The van der Waals surface area contributed by atoms with Gasteiger partial charge in [0, 0.05) is 17.4 Å². The van der Waals surface area contributed by atoms with E-state index in [4.69, 9.17) is 14.7 Å². The highest BCUT2D eigenvalue weighted by Gasteiger charge is 2.47. The molecular weight excluding hydrogens is 467 g/mol. The molecule has 1 aliphatic rings. The standard InChI is InChI=1S/C23H22F3N5O4/c1-22(2,3)35-21(33)30-18-11-34-12-23(31-18,20(25)26)15-8-14(5-6-16(15)24)29-19(32)17-7-4-13(9-27)10-28-17/h4-8,10,20H,11-12H2,1-3H3,(H,29,32)(H,30,31,33)/t23-/m0/s1. The molecule has 2 N–H and O–H groups in total. The minimum absolute atomic E-state index is 0.00000895. The molecule has 0 unspecified atom stereocenters. The van der Waals surface area contributed by atoms with Gasteiger partial charge in [-0.05, 0) is 51.1 Å². The van der Waals surface area contributed by atoms with Crippen LogP contribution in [0.4, 0.5) is 23.7 Å². The van der Waals surface area contributed by atoms with Crippen molar-refractivity contribution >= 4 is 23.5 Å². The molecule has 0 saturated heterocycles. The molecule has 184 valence electrons. The number of halogens is 3. The third-order valence-corrected chi connectivity index (χ3v) is 4.72. The number of nitrogens with zero attached hydrogens (tertiary/aromatic N) is 3. The fourth-order valence-corrected chi connectivity index (χ4v) is 3.19. The van der Waals surface area contributed by atoms with E-state index in [-0.39, 0.29) is 29.4 Å². The summed E-state index contributed by atoms with van der Waals surface area (Å²) in [6, 6.07) is 7.68. The Bertz CT molecular complexity index is 1190. The summed E-state index contributed by atoms with van der Waals surface area (Å²) in [6.45, 7) is 3.90. The van der Waals surface area contributed by atoms with E-state index in [1.54, 1.807) is 20.8 Å². The Balaban J connectivity index is 1.91. The molecular formula is C23H22F3N5O4. The van der Waals surface area contributed by atoms with E-state index in [0.717, 1.165) is 12.1 Å². The molecule has 0 bridgehead atoms. The summed E-state index contributed by atoms with van der Waals surface area (Å²) in [7, 11) is 0. The molecule has 3 rings (SSSR count). The first-order valence-electron chi connectivity index (χ1n) is 10.4. The monoisotopic (exact) mass is 489 g/mol. The van der Waals surface area contributed by atoms with E-state index in [1.807, 2.05) is 6.07 Å². The summed E-state index contributed by atoms with van der Waals surface area (Å²) in [6.07, 6.45) is -2.95. The predicted molar refractivity (Wildman–Crippen MR) is 119 cm³/mol. The lowest BCUT2D eigenvalue weighted by molar-refractivity contribution is -0.0156. The number of nitrogens with one attached hydrogen (secondary N) is 2. The van der Waals surface area contributed by atoms with E-state index in [9.17, 15) is 22.8 Å². The van der Waals surface area contributed by atoms with E-state index >= 15 is 0 Å². The third-order valence-electron chi connectivity index (χ3n) is 4.72. The molecule has 12 heteroatoms. The molecule has 2 heterocycles. The smallest absolute Gasteiger partial charge is 0.413 e. The van der Waals surface area contributed by atoms with Crippen LogP contribution in [0.15, 0.2) is 41.5 Å². The van der Waals surface area contributed by atoms with Gasteiger partial charge in [0.05, 0.1) is 12.2 Å². The second-order valence-corrected chi connectivity index (χ2v) is 8.60. The van der Waals surface area contributed by atoms with Crippen LogP contribution in [0, 0.1) is 17.1 Å². The van der Waals surface area contributed by atoms with Crippen LogP contribution < -0.4 is 10.6 Å². The highest BCUT2D eigenvalue weighted by atomic mass is 19.3. The van der Waals surface area contributed by atoms with Gasteiger partial charge in [-0.2, -0.15) is 5.26 Å². The first-order valence-corrected chi connectivity index (χ1v) is 10.4. The van der Waals surface area contributed by atoms with E-state index in [2.05, 4.69) is 20.6 Å². The van der Waals surface area contributed by atoms with Gasteiger partial charge in [-0.25, -0.2) is 27.9 Å². The quantitative estimate of drug-likeness (QED) is 0.674. The van der Waals surface area contributed by atoms with Gasteiger partial charge < -0.3 is 14.8 Å². The lowest BCUT2D eigenvalue weighted by atomic mass is 9.90. The van der Waals surface area contributed by atoms with Crippen LogP contribution in [0.3, 0.4) is 0 Å². The summed E-state index contributed by atoms with van der Waals surface area (Å²) in [4.78, 5) is 32.3. The molecule has 1 aromatic heterocycles.